The van der Waals surface area contributed by atoms with Crippen LogP contribution in [-0.4, -0.2) is 5.91 Å². The van der Waals surface area contributed by atoms with Crippen molar-refractivity contribution in [3.63, 3.8) is 0 Å². The Morgan fingerprint density at radius 1 is 1.41 bits per heavy atom. The standard InChI is InChI=1S/C13H15FN2O/c1-13(2,3)12(17)16-11(8-15)9-6-4-5-7-10(9)14/h4-7,11H,1-3H3,(H,16,17). The average Bonchev–Trinajstić information content (AvgIpc) is 2.25. The van der Waals surface area contributed by atoms with Crippen molar-refractivity contribution in [2.24, 2.45) is 5.41 Å². The van der Waals surface area contributed by atoms with Crippen LogP contribution in [0.4, 0.5) is 4.39 Å². The third-order valence-electron chi connectivity index (χ3n) is 2.30. The largest absolute Gasteiger partial charge is 0.336 e. The predicted molar refractivity (Wildman–Crippen MR) is 62.4 cm³/mol. The SMILES string of the molecule is CC(C)(C)C(=O)NC(C#N)c1ccccc1F. The van der Waals surface area contributed by atoms with E-state index in [9.17, 15) is 9.18 Å². The van der Waals surface area contributed by atoms with E-state index in [4.69, 9.17) is 5.26 Å². The lowest BCUT2D eigenvalue weighted by Crippen LogP contribution is -2.37. The van der Waals surface area contributed by atoms with Gasteiger partial charge in [0, 0.05) is 11.0 Å². The molecule has 0 saturated carbocycles. The lowest BCUT2D eigenvalue weighted by atomic mass is 9.94. The van der Waals surface area contributed by atoms with Gasteiger partial charge in [0.1, 0.15) is 11.9 Å². The molecule has 0 bridgehead atoms. The van der Waals surface area contributed by atoms with Gasteiger partial charge in [-0.15, -0.1) is 0 Å². The lowest BCUT2D eigenvalue weighted by Gasteiger charge is -2.20. The highest BCUT2D eigenvalue weighted by Crippen LogP contribution is 2.19. The Labute approximate surface area is 100 Å². The number of carbonyl (C=O) groups excluding carboxylic acids is 1. The quantitative estimate of drug-likeness (QED) is 0.855. The number of rotatable bonds is 2. The third-order valence-corrected chi connectivity index (χ3v) is 2.30. The molecule has 1 aromatic carbocycles. The topological polar surface area (TPSA) is 52.9 Å². The van der Waals surface area contributed by atoms with Crippen molar-refractivity contribution >= 4 is 5.91 Å². The highest BCUT2D eigenvalue weighted by atomic mass is 19.1. The number of benzene rings is 1. The summed E-state index contributed by atoms with van der Waals surface area (Å²) in [5.41, 5.74) is -0.423. The summed E-state index contributed by atoms with van der Waals surface area (Å²) in [6.07, 6.45) is 0. The zero-order chi connectivity index (χ0) is 13.1. The first-order chi connectivity index (χ1) is 7.86. The van der Waals surface area contributed by atoms with Crippen molar-refractivity contribution < 1.29 is 9.18 Å². The monoisotopic (exact) mass is 234 g/mol. The van der Waals surface area contributed by atoms with Crippen LogP contribution in [-0.2, 0) is 4.79 Å². The van der Waals surface area contributed by atoms with Crippen LogP contribution in [0.3, 0.4) is 0 Å². The Bertz CT molecular complexity index is 457. The number of carbonyl (C=O) groups is 1. The zero-order valence-corrected chi connectivity index (χ0v) is 10.1. The van der Waals surface area contributed by atoms with Gasteiger partial charge in [-0.05, 0) is 6.07 Å². The van der Waals surface area contributed by atoms with Crippen LogP contribution in [0.5, 0.6) is 0 Å². The van der Waals surface area contributed by atoms with E-state index in [1.807, 2.05) is 6.07 Å². The number of nitriles is 1. The number of amides is 1. The van der Waals surface area contributed by atoms with E-state index in [1.54, 1.807) is 32.9 Å². The van der Waals surface area contributed by atoms with Crippen molar-refractivity contribution in [3.8, 4) is 6.07 Å². The molecule has 0 aliphatic heterocycles. The number of hydrogen-bond acceptors (Lipinski definition) is 2. The predicted octanol–water partition coefficient (Wildman–Crippen LogP) is 2.55. The molecule has 1 N–H and O–H groups in total. The normalized spacial score (nSPS) is 12.6. The second-order valence-electron chi connectivity index (χ2n) is 4.81. The van der Waals surface area contributed by atoms with Gasteiger partial charge in [-0.2, -0.15) is 5.26 Å². The van der Waals surface area contributed by atoms with Gasteiger partial charge in [0.2, 0.25) is 5.91 Å². The number of nitrogens with zero attached hydrogens (tertiary/aromatic N) is 1. The van der Waals surface area contributed by atoms with E-state index in [2.05, 4.69) is 5.32 Å². The van der Waals surface area contributed by atoms with Gasteiger partial charge in [0.15, 0.2) is 0 Å². The Hall–Kier alpha value is -1.89. The molecule has 1 unspecified atom stereocenters. The highest BCUT2D eigenvalue weighted by molar-refractivity contribution is 5.82. The fourth-order valence-corrected chi connectivity index (χ4v) is 1.24. The summed E-state index contributed by atoms with van der Waals surface area (Å²) in [7, 11) is 0. The summed E-state index contributed by atoms with van der Waals surface area (Å²) < 4.78 is 13.5. The molecule has 17 heavy (non-hydrogen) atoms. The van der Waals surface area contributed by atoms with Crippen LogP contribution in [0.2, 0.25) is 0 Å². The van der Waals surface area contributed by atoms with Gasteiger partial charge < -0.3 is 5.32 Å². The van der Waals surface area contributed by atoms with Crippen LogP contribution >= 0.6 is 0 Å². The summed E-state index contributed by atoms with van der Waals surface area (Å²) in [4.78, 5) is 11.7. The molecule has 0 heterocycles. The summed E-state index contributed by atoms with van der Waals surface area (Å²) in [5, 5.41) is 11.5. The maximum Gasteiger partial charge on any atom is 0.226 e. The van der Waals surface area contributed by atoms with Crippen molar-refractivity contribution in [1.82, 2.24) is 5.32 Å². The first-order valence-corrected chi connectivity index (χ1v) is 5.31. The summed E-state index contributed by atoms with van der Waals surface area (Å²) in [6.45, 7) is 5.20. The minimum atomic E-state index is -0.956. The molecule has 0 fully saturated rings. The summed E-state index contributed by atoms with van der Waals surface area (Å²) in [5.74, 6) is -0.777. The van der Waals surface area contributed by atoms with E-state index < -0.39 is 17.3 Å². The molecule has 1 aromatic rings. The molecule has 0 spiro atoms. The van der Waals surface area contributed by atoms with Crippen molar-refractivity contribution in [3.05, 3.63) is 35.6 Å². The molecule has 0 aliphatic rings. The Morgan fingerprint density at radius 2 is 2.00 bits per heavy atom. The molecule has 1 atom stereocenters. The smallest absolute Gasteiger partial charge is 0.226 e. The van der Waals surface area contributed by atoms with E-state index in [0.717, 1.165) is 0 Å². The fourth-order valence-electron chi connectivity index (χ4n) is 1.24. The lowest BCUT2D eigenvalue weighted by molar-refractivity contribution is -0.128. The van der Waals surface area contributed by atoms with Gasteiger partial charge in [-0.25, -0.2) is 4.39 Å². The molecule has 1 amide bonds. The van der Waals surface area contributed by atoms with Gasteiger partial charge in [-0.1, -0.05) is 39.0 Å². The Balaban J connectivity index is 2.93. The second kappa shape index (κ2) is 4.96. The first-order valence-electron chi connectivity index (χ1n) is 5.31. The molecule has 1 rings (SSSR count). The molecule has 0 aliphatic carbocycles. The number of nitrogens with one attached hydrogen (secondary N) is 1. The third kappa shape index (κ3) is 3.28. The zero-order valence-electron chi connectivity index (χ0n) is 10.1. The molecule has 3 nitrogen and oxygen atoms in total. The minimum absolute atomic E-state index is 0.188. The van der Waals surface area contributed by atoms with Gasteiger partial charge >= 0.3 is 0 Å². The van der Waals surface area contributed by atoms with Crippen LogP contribution in [0, 0.1) is 22.6 Å². The van der Waals surface area contributed by atoms with Gasteiger partial charge in [0.05, 0.1) is 6.07 Å². The van der Waals surface area contributed by atoms with Gasteiger partial charge in [-0.3, -0.25) is 4.79 Å². The molecule has 0 aromatic heterocycles. The summed E-state index contributed by atoms with van der Waals surface area (Å²) in [6, 6.07) is 6.87. The second-order valence-corrected chi connectivity index (χ2v) is 4.81. The van der Waals surface area contributed by atoms with Gasteiger partial charge in [0.25, 0.3) is 0 Å². The molecular formula is C13H15FN2O. The van der Waals surface area contributed by atoms with Crippen molar-refractivity contribution in [2.75, 3.05) is 0 Å². The van der Waals surface area contributed by atoms with Crippen LogP contribution < -0.4 is 5.32 Å². The summed E-state index contributed by atoms with van der Waals surface area (Å²) >= 11 is 0. The van der Waals surface area contributed by atoms with Crippen molar-refractivity contribution in [1.29, 1.82) is 5.26 Å². The Morgan fingerprint density at radius 3 is 2.47 bits per heavy atom. The maximum atomic E-state index is 13.5. The molecule has 0 radical (unpaired) electrons. The molecule has 90 valence electrons. The highest BCUT2D eigenvalue weighted by Gasteiger charge is 2.25. The van der Waals surface area contributed by atoms with Crippen LogP contribution in [0.25, 0.3) is 0 Å². The average molecular weight is 234 g/mol. The Kier molecular flexibility index (Phi) is 3.84. The molecule has 0 saturated heterocycles. The van der Waals surface area contributed by atoms with Crippen molar-refractivity contribution in [2.45, 2.75) is 26.8 Å². The first kappa shape index (κ1) is 13.2. The maximum absolute atomic E-state index is 13.5. The number of hydrogen-bond donors (Lipinski definition) is 1. The van der Waals surface area contributed by atoms with Crippen LogP contribution in [0.1, 0.15) is 32.4 Å². The van der Waals surface area contributed by atoms with E-state index in [0.29, 0.717) is 0 Å². The number of halogens is 1. The fraction of sp³-hybridized carbons (Fsp3) is 0.385. The van der Waals surface area contributed by atoms with E-state index in [-0.39, 0.29) is 11.5 Å². The van der Waals surface area contributed by atoms with E-state index >= 15 is 0 Å². The van der Waals surface area contributed by atoms with Crippen LogP contribution in [0.15, 0.2) is 24.3 Å². The molecular weight excluding hydrogens is 219 g/mol. The molecule has 4 heteroatoms. The minimum Gasteiger partial charge on any atom is -0.336 e. The van der Waals surface area contributed by atoms with E-state index in [1.165, 1.54) is 12.1 Å².